The van der Waals surface area contributed by atoms with Crippen LogP contribution in [0.1, 0.15) is 24.6 Å². The molecule has 1 N–H and O–H groups in total. The molecule has 0 aliphatic heterocycles. The van der Waals surface area contributed by atoms with E-state index in [2.05, 4.69) is 22.4 Å². The number of nitrogens with zero attached hydrogens (tertiary/aromatic N) is 4. The van der Waals surface area contributed by atoms with Crippen LogP contribution in [-0.4, -0.2) is 25.7 Å². The van der Waals surface area contributed by atoms with Gasteiger partial charge in [-0.1, -0.05) is 6.92 Å². The number of alkyl halides is 3. The first-order valence-electron chi connectivity index (χ1n) is 6.77. The molecule has 5 nitrogen and oxygen atoms in total. The lowest BCUT2D eigenvalue weighted by molar-refractivity contribution is -0.142. The first-order chi connectivity index (χ1) is 9.96. The molecule has 0 saturated carbocycles. The van der Waals surface area contributed by atoms with E-state index in [1.54, 1.807) is 0 Å². The predicted octanol–water partition coefficient (Wildman–Crippen LogP) is 2.76. The number of hydrogen-bond donors (Lipinski definition) is 1. The smallest absolute Gasteiger partial charge is 0.307 e. The van der Waals surface area contributed by atoms with Crippen LogP contribution in [0.25, 0.3) is 0 Å². The monoisotopic (exact) mass is 337 g/mol. The van der Waals surface area contributed by atoms with Crippen molar-refractivity contribution in [1.82, 2.24) is 24.9 Å². The van der Waals surface area contributed by atoms with Gasteiger partial charge < -0.3 is 5.32 Å². The number of halogens is 4. The first kappa shape index (κ1) is 18.5. The van der Waals surface area contributed by atoms with Gasteiger partial charge in [-0.2, -0.15) is 23.4 Å². The van der Waals surface area contributed by atoms with E-state index in [4.69, 9.17) is 0 Å². The molecule has 0 amide bonds. The second-order valence-corrected chi connectivity index (χ2v) is 4.84. The number of aryl methyl sites for hydroxylation is 1. The zero-order valence-electron chi connectivity index (χ0n) is 12.2. The molecule has 0 spiro atoms. The van der Waals surface area contributed by atoms with Crippen molar-refractivity contribution < 1.29 is 13.2 Å². The number of rotatable bonds is 7. The summed E-state index contributed by atoms with van der Waals surface area (Å²) in [6, 6.07) is 1.93. The molecule has 0 saturated heterocycles. The lowest BCUT2D eigenvalue weighted by Crippen LogP contribution is -2.18. The van der Waals surface area contributed by atoms with Crippen molar-refractivity contribution in [2.45, 2.75) is 45.7 Å². The zero-order chi connectivity index (χ0) is 15.3. The molecule has 2 aromatic rings. The van der Waals surface area contributed by atoms with Gasteiger partial charge in [0.05, 0.1) is 11.9 Å². The van der Waals surface area contributed by atoms with Crippen molar-refractivity contribution in [3.63, 3.8) is 0 Å². The van der Waals surface area contributed by atoms with Crippen molar-refractivity contribution in [2.75, 3.05) is 0 Å². The Bertz CT molecular complexity index is 564. The van der Waals surface area contributed by atoms with Crippen molar-refractivity contribution in [3.8, 4) is 0 Å². The zero-order valence-corrected chi connectivity index (χ0v) is 13.0. The minimum absolute atomic E-state index is 0. The quantitative estimate of drug-likeness (QED) is 0.845. The molecule has 0 atom stereocenters. The van der Waals surface area contributed by atoms with Crippen molar-refractivity contribution in [3.05, 3.63) is 35.9 Å². The largest absolute Gasteiger partial charge is 0.408 e. The maximum Gasteiger partial charge on any atom is 0.408 e. The van der Waals surface area contributed by atoms with Crippen LogP contribution in [0.2, 0.25) is 0 Å². The molecule has 2 aromatic heterocycles. The van der Waals surface area contributed by atoms with E-state index in [1.165, 1.54) is 12.4 Å². The van der Waals surface area contributed by atoms with Crippen molar-refractivity contribution in [2.24, 2.45) is 0 Å². The Balaban J connectivity index is 0.00000242. The van der Waals surface area contributed by atoms with Crippen LogP contribution in [0.4, 0.5) is 13.2 Å². The molecule has 0 aliphatic rings. The van der Waals surface area contributed by atoms with Crippen LogP contribution in [0.15, 0.2) is 24.7 Å². The van der Waals surface area contributed by atoms with Crippen molar-refractivity contribution in [1.29, 1.82) is 0 Å². The Hall–Kier alpha value is -1.54. The summed E-state index contributed by atoms with van der Waals surface area (Å²) in [4.78, 5) is 0. The molecule has 2 rings (SSSR count). The van der Waals surface area contributed by atoms with Gasteiger partial charge in [0.25, 0.3) is 0 Å². The van der Waals surface area contributed by atoms with Crippen molar-refractivity contribution >= 4 is 12.4 Å². The molecule has 0 unspecified atom stereocenters. The highest BCUT2D eigenvalue weighted by Gasteiger charge is 2.28. The lowest BCUT2D eigenvalue weighted by Gasteiger charge is -2.05. The third-order valence-corrected chi connectivity index (χ3v) is 2.81. The standard InChI is InChI=1S/C13H18F3N5.ClH/c1-2-4-20-5-3-12(19-20)8-17-6-11-7-18-21(9-11)10-13(14,15)16;/h3,5,7,9,17H,2,4,6,8,10H2,1H3;1H. The Morgan fingerprint density at radius 3 is 2.68 bits per heavy atom. The lowest BCUT2D eigenvalue weighted by atomic mass is 10.3. The summed E-state index contributed by atoms with van der Waals surface area (Å²) in [5.41, 5.74) is 1.62. The summed E-state index contributed by atoms with van der Waals surface area (Å²) >= 11 is 0. The van der Waals surface area contributed by atoms with Crippen LogP contribution in [-0.2, 0) is 26.2 Å². The van der Waals surface area contributed by atoms with E-state index in [9.17, 15) is 13.2 Å². The molecule has 124 valence electrons. The minimum atomic E-state index is -4.25. The maximum absolute atomic E-state index is 12.2. The van der Waals surface area contributed by atoms with Gasteiger partial charge in [0.15, 0.2) is 0 Å². The Kier molecular flexibility index (Phi) is 6.89. The maximum atomic E-state index is 12.2. The van der Waals surface area contributed by atoms with Gasteiger partial charge >= 0.3 is 6.18 Å². The highest BCUT2D eigenvalue weighted by Crippen LogP contribution is 2.17. The van der Waals surface area contributed by atoms with Gasteiger partial charge in [-0.15, -0.1) is 12.4 Å². The Morgan fingerprint density at radius 1 is 1.23 bits per heavy atom. The predicted molar refractivity (Wildman–Crippen MR) is 78.6 cm³/mol. The molecule has 0 bridgehead atoms. The fourth-order valence-corrected chi connectivity index (χ4v) is 1.95. The van der Waals surface area contributed by atoms with Crippen LogP contribution >= 0.6 is 12.4 Å². The van der Waals surface area contributed by atoms with Crippen LogP contribution in [0.3, 0.4) is 0 Å². The van der Waals surface area contributed by atoms with Gasteiger partial charge in [-0.25, -0.2) is 0 Å². The van der Waals surface area contributed by atoms with E-state index in [1.807, 2.05) is 16.9 Å². The third kappa shape index (κ3) is 6.07. The second kappa shape index (κ2) is 8.19. The van der Waals surface area contributed by atoms with Gasteiger partial charge in [0.1, 0.15) is 6.54 Å². The first-order valence-corrected chi connectivity index (χ1v) is 6.77. The summed E-state index contributed by atoms with van der Waals surface area (Å²) in [7, 11) is 0. The molecule has 0 radical (unpaired) electrons. The van der Waals surface area contributed by atoms with Gasteiger partial charge in [0.2, 0.25) is 0 Å². The Labute approximate surface area is 132 Å². The minimum Gasteiger partial charge on any atom is -0.307 e. The summed E-state index contributed by atoms with van der Waals surface area (Å²) in [5.74, 6) is 0. The molecule has 0 fully saturated rings. The number of hydrogen-bond acceptors (Lipinski definition) is 3. The SMILES string of the molecule is CCCn1ccc(CNCc2cnn(CC(F)(F)F)c2)n1.Cl. The van der Waals surface area contributed by atoms with Crippen LogP contribution in [0.5, 0.6) is 0 Å². The third-order valence-electron chi connectivity index (χ3n) is 2.81. The highest BCUT2D eigenvalue weighted by molar-refractivity contribution is 5.85. The average molecular weight is 338 g/mol. The van der Waals surface area contributed by atoms with E-state index < -0.39 is 12.7 Å². The normalized spacial score (nSPS) is 11.5. The molecular formula is C13H19ClF3N5. The summed E-state index contributed by atoms with van der Waals surface area (Å²) < 4.78 is 39.4. The van der Waals surface area contributed by atoms with Crippen LogP contribution in [0, 0.1) is 0 Å². The van der Waals surface area contributed by atoms with Gasteiger partial charge in [-0.05, 0) is 12.5 Å². The molecule has 9 heteroatoms. The topological polar surface area (TPSA) is 47.7 Å². The molecule has 0 aromatic carbocycles. The molecule has 0 aliphatic carbocycles. The molecular weight excluding hydrogens is 319 g/mol. The summed E-state index contributed by atoms with van der Waals surface area (Å²) in [6.45, 7) is 2.93. The highest BCUT2D eigenvalue weighted by atomic mass is 35.5. The van der Waals surface area contributed by atoms with E-state index in [0.717, 1.165) is 23.3 Å². The number of aromatic nitrogens is 4. The van der Waals surface area contributed by atoms with Gasteiger partial charge in [0, 0.05) is 37.6 Å². The number of nitrogens with one attached hydrogen (secondary N) is 1. The fraction of sp³-hybridized carbons (Fsp3) is 0.538. The van der Waals surface area contributed by atoms with Crippen LogP contribution < -0.4 is 5.32 Å². The van der Waals surface area contributed by atoms with E-state index >= 15 is 0 Å². The van der Waals surface area contributed by atoms with E-state index in [0.29, 0.717) is 18.7 Å². The summed E-state index contributed by atoms with van der Waals surface area (Å²) in [5, 5.41) is 11.2. The van der Waals surface area contributed by atoms with Gasteiger partial charge in [-0.3, -0.25) is 9.36 Å². The average Bonchev–Trinajstić information content (AvgIpc) is 2.98. The molecule has 22 heavy (non-hydrogen) atoms. The molecule has 2 heterocycles. The van der Waals surface area contributed by atoms with E-state index in [-0.39, 0.29) is 12.4 Å². The Morgan fingerprint density at radius 2 is 2.00 bits per heavy atom. The fourth-order valence-electron chi connectivity index (χ4n) is 1.95. The summed E-state index contributed by atoms with van der Waals surface area (Å²) in [6.07, 6.45) is 1.53. The second-order valence-electron chi connectivity index (χ2n) is 4.84.